The summed E-state index contributed by atoms with van der Waals surface area (Å²) in [6, 6.07) is 19.9. The van der Waals surface area contributed by atoms with Gasteiger partial charge in [0.25, 0.3) is 5.91 Å². The summed E-state index contributed by atoms with van der Waals surface area (Å²) >= 11 is 5.91. The number of fused-ring (bicyclic) bond motifs is 1. The third-order valence-corrected chi connectivity index (χ3v) is 5.04. The van der Waals surface area contributed by atoms with E-state index >= 15 is 0 Å². The number of aromatic nitrogens is 1. The second-order valence-electron chi connectivity index (χ2n) is 6.66. The highest BCUT2D eigenvalue weighted by Gasteiger charge is 2.39. The normalized spacial score (nSPS) is 16.3. The number of carbonyl (C=O) groups is 2. The minimum atomic E-state index is -0.629. The Balaban J connectivity index is 1.59. The summed E-state index contributed by atoms with van der Waals surface area (Å²) < 4.78 is 0. The molecule has 2 heterocycles. The molecular weight excluding hydrogens is 386 g/mol. The van der Waals surface area contributed by atoms with Gasteiger partial charge >= 0.3 is 0 Å². The molecule has 6 heteroatoms. The van der Waals surface area contributed by atoms with Gasteiger partial charge in [0, 0.05) is 29.5 Å². The Labute approximate surface area is 173 Å². The molecule has 0 radical (unpaired) electrons. The van der Waals surface area contributed by atoms with Crippen molar-refractivity contribution in [2.45, 2.75) is 12.3 Å². The summed E-state index contributed by atoms with van der Waals surface area (Å²) in [7, 11) is 0. The average Bonchev–Trinajstić information content (AvgIpc) is 2.75. The van der Waals surface area contributed by atoms with E-state index in [1.807, 2.05) is 30.3 Å². The number of nitrogens with zero attached hydrogens (tertiary/aromatic N) is 3. The standard InChI is InChI=1S/C23H18ClN3O2/c24-17-10-8-16(9-11-17)12-14-25-15-20-18-5-1-2-6-19(18)22(28)27(23(20)29)21-7-3-4-13-26-21/h1-11,13,15,20H,12,14H2/t20-/m1/s1. The predicted octanol–water partition coefficient (Wildman–Crippen LogP) is 4.32. The van der Waals surface area contributed by atoms with Crippen LogP contribution in [0.15, 0.2) is 77.9 Å². The minimum Gasteiger partial charge on any atom is -0.296 e. The lowest BCUT2D eigenvalue weighted by atomic mass is 9.89. The van der Waals surface area contributed by atoms with Crippen LogP contribution in [0.2, 0.25) is 5.02 Å². The number of hydrogen-bond acceptors (Lipinski definition) is 4. The number of pyridine rings is 1. The molecule has 1 aliphatic heterocycles. The van der Waals surface area contributed by atoms with Crippen molar-refractivity contribution in [2.24, 2.45) is 4.99 Å². The number of carbonyl (C=O) groups excluding carboxylic acids is 2. The molecular formula is C23H18ClN3O2. The number of benzene rings is 2. The number of amides is 2. The summed E-state index contributed by atoms with van der Waals surface area (Å²) in [6.45, 7) is 0.533. The van der Waals surface area contributed by atoms with Gasteiger partial charge in [0.1, 0.15) is 5.82 Å². The van der Waals surface area contributed by atoms with Crippen molar-refractivity contribution in [3.63, 3.8) is 0 Å². The molecule has 4 rings (SSSR count). The van der Waals surface area contributed by atoms with E-state index in [1.165, 1.54) is 0 Å². The van der Waals surface area contributed by atoms with E-state index in [9.17, 15) is 9.59 Å². The van der Waals surface area contributed by atoms with E-state index < -0.39 is 5.92 Å². The second kappa shape index (κ2) is 8.37. The number of anilines is 1. The van der Waals surface area contributed by atoms with Crippen LogP contribution in [0, 0.1) is 0 Å². The number of aliphatic imine (C=N–C) groups is 1. The molecule has 0 saturated heterocycles. The van der Waals surface area contributed by atoms with E-state index in [-0.39, 0.29) is 11.8 Å². The molecule has 3 aromatic rings. The van der Waals surface area contributed by atoms with Crippen molar-refractivity contribution in [1.29, 1.82) is 0 Å². The molecule has 5 nitrogen and oxygen atoms in total. The molecule has 29 heavy (non-hydrogen) atoms. The van der Waals surface area contributed by atoms with Gasteiger partial charge in [-0.05, 0) is 47.9 Å². The van der Waals surface area contributed by atoms with Crippen molar-refractivity contribution in [2.75, 3.05) is 11.4 Å². The Morgan fingerprint density at radius 2 is 1.76 bits per heavy atom. The number of imide groups is 1. The fourth-order valence-electron chi connectivity index (χ4n) is 3.33. The van der Waals surface area contributed by atoms with Crippen LogP contribution < -0.4 is 4.90 Å². The Bertz CT molecular complexity index is 1060. The molecule has 1 atom stereocenters. The summed E-state index contributed by atoms with van der Waals surface area (Å²) in [5, 5.41) is 0.695. The molecule has 1 aliphatic rings. The first-order valence-electron chi connectivity index (χ1n) is 9.28. The zero-order valence-corrected chi connectivity index (χ0v) is 16.3. The van der Waals surface area contributed by atoms with E-state index in [4.69, 9.17) is 11.6 Å². The predicted molar refractivity (Wildman–Crippen MR) is 114 cm³/mol. The van der Waals surface area contributed by atoms with E-state index in [0.717, 1.165) is 16.9 Å². The van der Waals surface area contributed by atoms with Crippen molar-refractivity contribution in [3.8, 4) is 0 Å². The molecule has 2 amide bonds. The zero-order valence-electron chi connectivity index (χ0n) is 15.5. The summed E-state index contributed by atoms with van der Waals surface area (Å²) in [6.07, 6.45) is 3.93. The second-order valence-corrected chi connectivity index (χ2v) is 7.10. The van der Waals surface area contributed by atoms with Gasteiger partial charge in [-0.2, -0.15) is 0 Å². The Morgan fingerprint density at radius 3 is 2.52 bits per heavy atom. The van der Waals surface area contributed by atoms with Gasteiger partial charge in [0.15, 0.2) is 0 Å². The van der Waals surface area contributed by atoms with E-state index in [2.05, 4.69) is 9.98 Å². The monoisotopic (exact) mass is 403 g/mol. The van der Waals surface area contributed by atoms with Gasteiger partial charge in [0.2, 0.25) is 5.91 Å². The lowest BCUT2D eigenvalue weighted by molar-refractivity contribution is -0.118. The van der Waals surface area contributed by atoms with Crippen LogP contribution in [-0.4, -0.2) is 29.6 Å². The van der Waals surface area contributed by atoms with Crippen molar-refractivity contribution >= 4 is 35.4 Å². The van der Waals surface area contributed by atoms with E-state index in [0.29, 0.717) is 28.5 Å². The van der Waals surface area contributed by atoms with Crippen molar-refractivity contribution < 1.29 is 9.59 Å². The highest BCUT2D eigenvalue weighted by atomic mass is 35.5. The average molecular weight is 404 g/mol. The largest absolute Gasteiger partial charge is 0.296 e. The van der Waals surface area contributed by atoms with Crippen LogP contribution >= 0.6 is 11.6 Å². The third-order valence-electron chi connectivity index (χ3n) is 4.79. The van der Waals surface area contributed by atoms with Crippen LogP contribution in [0.1, 0.15) is 27.4 Å². The van der Waals surface area contributed by atoms with Crippen LogP contribution in [0.3, 0.4) is 0 Å². The quantitative estimate of drug-likeness (QED) is 0.470. The van der Waals surface area contributed by atoms with Gasteiger partial charge < -0.3 is 0 Å². The maximum atomic E-state index is 13.2. The zero-order chi connectivity index (χ0) is 20.2. The Kier molecular flexibility index (Phi) is 5.49. The maximum absolute atomic E-state index is 13.2. The highest BCUT2D eigenvalue weighted by Crippen LogP contribution is 2.30. The van der Waals surface area contributed by atoms with Crippen LogP contribution in [0.4, 0.5) is 5.82 Å². The summed E-state index contributed by atoms with van der Waals surface area (Å²) in [5.41, 5.74) is 2.28. The highest BCUT2D eigenvalue weighted by molar-refractivity contribution is 6.30. The Morgan fingerprint density at radius 1 is 1.00 bits per heavy atom. The number of halogens is 1. The Hall–Kier alpha value is -3.31. The summed E-state index contributed by atoms with van der Waals surface area (Å²) in [4.78, 5) is 35.9. The minimum absolute atomic E-state index is 0.316. The van der Waals surface area contributed by atoms with Gasteiger partial charge in [-0.1, -0.05) is 48.0 Å². The van der Waals surface area contributed by atoms with Crippen LogP contribution in [0.5, 0.6) is 0 Å². The third kappa shape index (κ3) is 3.96. The molecule has 144 valence electrons. The molecule has 2 aromatic carbocycles. The maximum Gasteiger partial charge on any atom is 0.266 e. The van der Waals surface area contributed by atoms with Gasteiger partial charge in [-0.25, -0.2) is 9.88 Å². The SMILES string of the molecule is O=C1c2ccccc2[C@@H](C=NCCc2ccc(Cl)cc2)C(=O)N1c1ccccn1. The van der Waals surface area contributed by atoms with Gasteiger partial charge in [-0.15, -0.1) is 0 Å². The molecule has 0 aliphatic carbocycles. The smallest absolute Gasteiger partial charge is 0.266 e. The van der Waals surface area contributed by atoms with Crippen molar-refractivity contribution in [3.05, 3.63) is 94.6 Å². The molecule has 0 bridgehead atoms. The first-order chi connectivity index (χ1) is 14.1. The molecule has 0 fully saturated rings. The molecule has 0 unspecified atom stereocenters. The van der Waals surface area contributed by atoms with E-state index in [1.54, 1.807) is 48.8 Å². The molecule has 1 aromatic heterocycles. The fraction of sp³-hybridized carbons (Fsp3) is 0.130. The van der Waals surface area contributed by atoms with Crippen LogP contribution in [-0.2, 0) is 11.2 Å². The fourth-order valence-corrected chi connectivity index (χ4v) is 3.45. The first-order valence-corrected chi connectivity index (χ1v) is 9.65. The molecule has 0 N–H and O–H groups in total. The lowest BCUT2D eigenvalue weighted by Crippen LogP contribution is -2.46. The van der Waals surface area contributed by atoms with Gasteiger partial charge in [0.05, 0.1) is 5.92 Å². The summed E-state index contributed by atoms with van der Waals surface area (Å²) in [5.74, 6) is -1.02. The first kappa shape index (κ1) is 19.0. The topological polar surface area (TPSA) is 62.6 Å². The van der Waals surface area contributed by atoms with Crippen molar-refractivity contribution in [1.82, 2.24) is 4.98 Å². The molecule has 0 saturated carbocycles. The lowest BCUT2D eigenvalue weighted by Gasteiger charge is -2.30. The number of rotatable bonds is 5. The van der Waals surface area contributed by atoms with Gasteiger partial charge in [-0.3, -0.25) is 14.6 Å². The number of hydrogen-bond donors (Lipinski definition) is 0. The van der Waals surface area contributed by atoms with Crippen LogP contribution in [0.25, 0.3) is 0 Å². The molecule has 0 spiro atoms.